The maximum absolute atomic E-state index is 13.9. The minimum atomic E-state index is -0.878. The maximum atomic E-state index is 13.9. The number of rotatable bonds is 4. The van der Waals surface area contributed by atoms with E-state index in [0.717, 1.165) is 29.0 Å². The number of carbonyl (C=O) groups excluding carboxylic acids is 2. The number of pyridine rings is 1. The number of hydrogen-bond donors (Lipinski definition) is 1. The number of nitrogens with one attached hydrogen (secondary N) is 1. The summed E-state index contributed by atoms with van der Waals surface area (Å²) in [5, 5.41) is 2.94. The van der Waals surface area contributed by atoms with E-state index < -0.39 is 17.5 Å². The fourth-order valence-corrected chi connectivity index (χ4v) is 4.22. The van der Waals surface area contributed by atoms with Crippen LogP contribution in [0.4, 0.5) is 14.5 Å². The van der Waals surface area contributed by atoms with Crippen molar-refractivity contribution in [3.8, 4) is 11.3 Å². The molecule has 1 saturated heterocycles. The first-order valence-electron chi connectivity index (χ1n) is 11.1. The summed E-state index contributed by atoms with van der Waals surface area (Å²) in [6.45, 7) is 0.668. The second kappa shape index (κ2) is 9.05. The first kappa shape index (κ1) is 21.8. The van der Waals surface area contributed by atoms with Gasteiger partial charge in [0.15, 0.2) is 0 Å². The second-order valence-corrected chi connectivity index (χ2v) is 8.35. The number of piperidine rings is 1. The Kier molecular flexibility index (Phi) is 5.79. The van der Waals surface area contributed by atoms with Crippen LogP contribution in [0, 0.1) is 17.6 Å². The van der Waals surface area contributed by atoms with E-state index in [-0.39, 0.29) is 17.4 Å². The minimum Gasteiger partial charge on any atom is -0.339 e. The van der Waals surface area contributed by atoms with Gasteiger partial charge in [-0.05, 0) is 49.2 Å². The molecule has 0 spiro atoms. The molecule has 8 heteroatoms. The molecular weight excluding hydrogens is 438 g/mol. The van der Waals surface area contributed by atoms with Gasteiger partial charge in [-0.1, -0.05) is 18.2 Å². The molecule has 1 aliphatic heterocycles. The average molecular weight is 460 g/mol. The third-order valence-electron chi connectivity index (χ3n) is 6.13. The van der Waals surface area contributed by atoms with E-state index in [1.807, 2.05) is 59.3 Å². The van der Waals surface area contributed by atoms with Crippen molar-refractivity contribution in [2.24, 2.45) is 5.92 Å². The largest absolute Gasteiger partial charge is 0.339 e. The number of likely N-dealkylation sites (tertiary alicyclic amines) is 1. The Labute approximate surface area is 194 Å². The molecule has 1 aliphatic rings. The van der Waals surface area contributed by atoms with Crippen LogP contribution in [0.2, 0.25) is 0 Å². The van der Waals surface area contributed by atoms with Crippen LogP contribution in [0.25, 0.3) is 16.9 Å². The van der Waals surface area contributed by atoms with Crippen molar-refractivity contribution >= 4 is 23.1 Å². The van der Waals surface area contributed by atoms with Gasteiger partial charge in [-0.15, -0.1) is 0 Å². The molecular formula is C26H22F2N4O2. The van der Waals surface area contributed by atoms with Crippen molar-refractivity contribution < 1.29 is 18.4 Å². The molecule has 2 amide bonds. The van der Waals surface area contributed by atoms with Gasteiger partial charge in [0, 0.05) is 48.7 Å². The molecule has 34 heavy (non-hydrogen) atoms. The number of halogens is 2. The van der Waals surface area contributed by atoms with E-state index in [1.165, 1.54) is 4.90 Å². The average Bonchev–Trinajstić information content (AvgIpc) is 3.29. The van der Waals surface area contributed by atoms with Crippen LogP contribution in [0.1, 0.15) is 23.2 Å². The van der Waals surface area contributed by atoms with Crippen LogP contribution in [0.15, 0.2) is 73.1 Å². The summed E-state index contributed by atoms with van der Waals surface area (Å²) in [4.78, 5) is 31.4. The van der Waals surface area contributed by atoms with Gasteiger partial charge in [0.1, 0.15) is 17.3 Å². The Morgan fingerprint density at radius 2 is 1.74 bits per heavy atom. The number of carbonyl (C=O) groups is 2. The summed E-state index contributed by atoms with van der Waals surface area (Å²) < 4.78 is 29.0. The first-order chi connectivity index (χ1) is 16.5. The van der Waals surface area contributed by atoms with Crippen molar-refractivity contribution in [1.82, 2.24) is 14.3 Å². The molecule has 1 fully saturated rings. The van der Waals surface area contributed by atoms with Gasteiger partial charge in [-0.3, -0.25) is 9.59 Å². The molecule has 2 aromatic heterocycles. The zero-order chi connectivity index (χ0) is 23.7. The number of aromatic nitrogens is 2. The summed E-state index contributed by atoms with van der Waals surface area (Å²) in [6, 6.07) is 16.2. The maximum Gasteiger partial charge on any atom is 0.256 e. The number of hydrogen-bond acceptors (Lipinski definition) is 3. The van der Waals surface area contributed by atoms with Crippen LogP contribution in [-0.4, -0.2) is 39.2 Å². The normalized spacial score (nSPS) is 14.4. The topological polar surface area (TPSA) is 66.7 Å². The number of fused-ring (bicyclic) bond motifs is 1. The molecule has 0 bridgehead atoms. The lowest BCUT2D eigenvalue weighted by Crippen LogP contribution is -2.41. The van der Waals surface area contributed by atoms with Crippen molar-refractivity contribution in [1.29, 1.82) is 0 Å². The van der Waals surface area contributed by atoms with Crippen molar-refractivity contribution in [3.63, 3.8) is 0 Å². The van der Waals surface area contributed by atoms with Gasteiger partial charge in [0.25, 0.3) is 5.91 Å². The smallest absolute Gasteiger partial charge is 0.256 e. The Hall–Kier alpha value is -4.07. The zero-order valence-electron chi connectivity index (χ0n) is 18.2. The molecule has 172 valence electrons. The molecule has 0 atom stereocenters. The summed E-state index contributed by atoms with van der Waals surface area (Å²) in [5.41, 5.74) is 3.18. The van der Waals surface area contributed by atoms with E-state index in [9.17, 15) is 18.4 Å². The lowest BCUT2D eigenvalue weighted by molar-refractivity contribution is -0.121. The minimum absolute atomic E-state index is 0.111. The molecule has 2 aromatic carbocycles. The van der Waals surface area contributed by atoms with Crippen LogP contribution >= 0.6 is 0 Å². The van der Waals surface area contributed by atoms with Gasteiger partial charge in [0.05, 0.1) is 11.3 Å². The van der Waals surface area contributed by atoms with E-state index in [4.69, 9.17) is 0 Å². The number of nitrogens with zero attached hydrogens (tertiary/aromatic N) is 3. The Morgan fingerprint density at radius 3 is 2.44 bits per heavy atom. The zero-order valence-corrected chi connectivity index (χ0v) is 18.2. The molecule has 3 heterocycles. The Morgan fingerprint density at radius 1 is 0.971 bits per heavy atom. The fourth-order valence-electron chi connectivity index (χ4n) is 4.22. The molecule has 0 radical (unpaired) electrons. The SMILES string of the molecule is O=C(Nc1ccc(-c2cn3ccccc3n2)cc1)C1CCN(C(=O)c2ccc(F)cc2F)CC1. The monoisotopic (exact) mass is 460 g/mol. The van der Waals surface area contributed by atoms with Gasteiger partial charge in [-0.2, -0.15) is 0 Å². The number of imidazole rings is 1. The van der Waals surface area contributed by atoms with Crippen LogP contribution in [-0.2, 0) is 4.79 Å². The molecule has 0 aliphatic carbocycles. The molecule has 0 saturated carbocycles. The number of amides is 2. The third-order valence-corrected chi connectivity index (χ3v) is 6.13. The van der Waals surface area contributed by atoms with Gasteiger partial charge >= 0.3 is 0 Å². The van der Waals surface area contributed by atoms with E-state index in [2.05, 4.69) is 10.3 Å². The number of anilines is 1. The highest BCUT2D eigenvalue weighted by Gasteiger charge is 2.29. The van der Waals surface area contributed by atoms with Crippen molar-refractivity contribution in [2.75, 3.05) is 18.4 Å². The predicted molar refractivity (Wildman–Crippen MR) is 124 cm³/mol. The van der Waals surface area contributed by atoms with E-state index >= 15 is 0 Å². The highest BCUT2D eigenvalue weighted by Crippen LogP contribution is 2.24. The molecule has 6 nitrogen and oxygen atoms in total. The second-order valence-electron chi connectivity index (χ2n) is 8.35. The summed E-state index contributed by atoms with van der Waals surface area (Å²) in [5.74, 6) is -2.45. The van der Waals surface area contributed by atoms with Crippen molar-refractivity contribution in [2.45, 2.75) is 12.8 Å². The summed E-state index contributed by atoms with van der Waals surface area (Å²) in [6.07, 6.45) is 4.84. The summed E-state index contributed by atoms with van der Waals surface area (Å²) in [7, 11) is 0. The predicted octanol–water partition coefficient (Wildman–Crippen LogP) is 4.77. The lowest BCUT2D eigenvalue weighted by Gasteiger charge is -2.31. The quantitative estimate of drug-likeness (QED) is 0.477. The number of benzene rings is 2. The van der Waals surface area contributed by atoms with Crippen LogP contribution in [0.5, 0.6) is 0 Å². The molecule has 5 rings (SSSR count). The highest BCUT2D eigenvalue weighted by molar-refractivity contribution is 5.95. The Balaban J connectivity index is 1.18. The van der Waals surface area contributed by atoms with E-state index in [1.54, 1.807) is 0 Å². The first-order valence-corrected chi connectivity index (χ1v) is 11.1. The van der Waals surface area contributed by atoms with Crippen molar-refractivity contribution in [3.05, 3.63) is 90.3 Å². The van der Waals surface area contributed by atoms with Gasteiger partial charge in [0.2, 0.25) is 5.91 Å². The highest BCUT2D eigenvalue weighted by atomic mass is 19.1. The third kappa shape index (κ3) is 4.39. The summed E-state index contributed by atoms with van der Waals surface area (Å²) >= 11 is 0. The lowest BCUT2D eigenvalue weighted by atomic mass is 9.95. The van der Waals surface area contributed by atoms with Crippen LogP contribution < -0.4 is 5.32 Å². The standard InChI is InChI=1S/C26H22F2N4O2/c27-19-6-9-21(22(28)15-19)26(34)31-13-10-18(11-14-31)25(33)29-20-7-4-17(5-8-20)23-16-32-12-2-1-3-24(32)30-23/h1-9,12,15-16,18H,10-11,13-14H2,(H,29,33). The Bertz CT molecular complexity index is 1330. The fraction of sp³-hybridized carbons (Fsp3) is 0.192. The molecule has 1 N–H and O–H groups in total. The molecule has 4 aromatic rings. The molecule has 0 unspecified atom stereocenters. The van der Waals surface area contributed by atoms with Gasteiger partial charge in [-0.25, -0.2) is 13.8 Å². The van der Waals surface area contributed by atoms with E-state index in [0.29, 0.717) is 37.7 Å². The van der Waals surface area contributed by atoms with Gasteiger partial charge < -0.3 is 14.6 Å². The van der Waals surface area contributed by atoms with Crippen LogP contribution in [0.3, 0.4) is 0 Å².